The molecule has 0 aliphatic carbocycles. The summed E-state index contributed by atoms with van der Waals surface area (Å²) in [6.45, 7) is 0. The molecule has 0 amide bonds. The lowest BCUT2D eigenvalue weighted by Gasteiger charge is -2.26. The van der Waals surface area contributed by atoms with Crippen LogP contribution in [-0.4, -0.2) is 0 Å². The van der Waals surface area contributed by atoms with Gasteiger partial charge in [0.1, 0.15) is 0 Å². The van der Waals surface area contributed by atoms with Gasteiger partial charge in [-0.2, -0.15) is 0 Å². The van der Waals surface area contributed by atoms with Crippen molar-refractivity contribution in [3.05, 3.63) is 212 Å². The molecule has 1 nitrogen and oxygen atoms in total. The third-order valence-electron chi connectivity index (χ3n) is 11.0. The molecule has 268 valence electrons. The van der Waals surface area contributed by atoms with Crippen molar-refractivity contribution in [2.24, 2.45) is 0 Å². The van der Waals surface area contributed by atoms with Gasteiger partial charge in [-0.05, 0) is 136 Å². The second-order valence-electron chi connectivity index (χ2n) is 14.6. The molecule has 3 heteroatoms. The summed E-state index contributed by atoms with van der Waals surface area (Å²) in [6.07, 6.45) is 0. The summed E-state index contributed by atoms with van der Waals surface area (Å²) in [7, 11) is 0. The van der Waals surface area contributed by atoms with Gasteiger partial charge < -0.3 is 4.90 Å². The fourth-order valence-electron chi connectivity index (χ4n) is 8.22. The van der Waals surface area contributed by atoms with Crippen LogP contribution >= 0.6 is 22.7 Å². The predicted octanol–water partition coefficient (Wildman–Crippen LogP) is 16.6. The Morgan fingerprint density at radius 3 is 1.21 bits per heavy atom. The van der Waals surface area contributed by atoms with Crippen LogP contribution in [0.15, 0.2) is 212 Å². The number of thiophene rings is 2. The molecule has 0 saturated heterocycles. The Bertz CT molecular complexity index is 3100. The summed E-state index contributed by atoms with van der Waals surface area (Å²) >= 11 is 3.73. The number of hydrogen-bond donors (Lipinski definition) is 0. The fourth-order valence-corrected chi connectivity index (χ4v) is 10.4. The van der Waals surface area contributed by atoms with Crippen LogP contribution in [0.4, 0.5) is 17.1 Å². The number of rotatable bonds is 7. The van der Waals surface area contributed by atoms with Gasteiger partial charge in [0.05, 0.1) is 0 Å². The molecular weight excluding hydrogens is 727 g/mol. The number of para-hydroxylation sites is 1. The molecular formula is C54H35NS2. The lowest BCUT2D eigenvalue weighted by Crippen LogP contribution is -2.09. The van der Waals surface area contributed by atoms with Gasteiger partial charge >= 0.3 is 0 Å². The predicted molar refractivity (Wildman–Crippen MR) is 249 cm³/mol. The van der Waals surface area contributed by atoms with E-state index in [0.717, 1.165) is 17.1 Å². The van der Waals surface area contributed by atoms with Crippen molar-refractivity contribution >= 4 is 80.1 Å². The van der Waals surface area contributed by atoms with E-state index in [2.05, 4.69) is 217 Å². The highest BCUT2D eigenvalue weighted by Gasteiger charge is 2.16. The van der Waals surface area contributed by atoms with E-state index in [1.807, 2.05) is 22.7 Å². The second-order valence-corrected chi connectivity index (χ2v) is 16.7. The lowest BCUT2D eigenvalue weighted by atomic mass is 9.92. The lowest BCUT2D eigenvalue weighted by molar-refractivity contribution is 1.28. The van der Waals surface area contributed by atoms with Gasteiger partial charge in [-0.3, -0.25) is 0 Å². The summed E-state index contributed by atoms with van der Waals surface area (Å²) < 4.78 is 5.28. The first-order chi connectivity index (χ1) is 28.2. The molecule has 57 heavy (non-hydrogen) atoms. The van der Waals surface area contributed by atoms with Crippen LogP contribution < -0.4 is 4.90 Å². The van der Waals surface area contributed by atoms with E-state index in [1.165, 1.54) is 84.9 Å². The Labute approximate surface area is 340 Å². The highest BCUT2D eigenvalue weighted by molar-refractivity contribution is 7.26. The van der Waals surface area contributed by atoms with Gasteiger partial charge in [-0.15, -0.1) is 22.7 Å². The van der Waals surface area contributed by atoms with Gasteiger partial charge in [0.15, 0.2) is 0 Å². The molecule has 0 saturated carbocycles. The molecule has 0 aliphatic heterocycles. The Balaban J connectivity index is 1.07. The minimum absolute atomic E-state index is 1.11. The molecule has 2 heterocycles. The number of fused-ring (bicyclic) bond motifs is 6. The first-order valence-electron chi connectivity index (χ1n) is 19.3. The van der Waals surface area contributed by atoms with Crippen molar-refractivity contribution in [3.63, 3.8) is 0 Å². The molecule has 0 atom stereocenters. The van der Waals surface area contributed by atoms with Crippen LogP contribution in [0.1, 0.15) is 0 Å². The van der Waals surface area contributed by atoms with E-state index >= 15 is 0 Å². The van der Waals surface area contributed by atoms with Crippen LogP contribution in [0.2, 0.25) is 0 Å². The van der Waals surface area contributed by atoms with Crippen molar-refractivity contribution in [2.45, 2.75) is 0 Å². The summed E-state index contributed by atoms with van der Waals surface area (Å²) in [5, 5.41) is 5.25. The van der Waals surface area contributed by atoms with E-state index in [1.54, 1.807) is 0 Å². The van der Waals surface area contributed by atoms with Crippen molar-refractivity contribution in [3.8, 4) is 44.5 Å². The van der Waals surface area contributed by atoms with E-state index < -0.39 is 0 Å². The van der Waals surface area contributed by atoms with Crippen molar-refractivity contribution in [2.75, 3.05) is 4.90 Å². The first-order valence-corrected chi connectivity index (χ1v) is 20.9. The molecule has 0 bridgehead atoms. The van der Waals surface area contributed by atoms with Crippen LogP contribution in [-0.2, 0) is 0 Å². The number of benzene rings is 9. The standard InChI is InChI=1S/C54H35NS2/c1-3-12-36(13-4-1)37-22-26-45(27-23-37)55(44-15-5-2-6-16-44)46-17-11-14-38(33-46)41-30-42(39-24-28-53-49(34-39)47-18-7-9-20-51(47)56-53)32-43(31-41)40-25-29-54-50(35-40)48-19-8-10-21-52(48)57-54/h1-35H. The maximum Gasteiger partial charge on any atom is 0.0467 e. The molecule has 0 radical (unpaired) electrons. The Morgan fingerprint density at radius 2 is 0.632 bits per heavy atom. The van der Waals surface area contributed by atoms with E-state index in [0.29, 0.717) is 0 Å². The third kappa shape index (κ3) is 6.18. The summed E-state index contributed by atoms with van der Waals surface area (Å²) in [5.41, 5.74) is 12.9. The maximum atomic E-state index is 2.39. The highest BCUT2D eigenvalue weighted by Crippen LogP contribution is 2.42. The molecule has 0 aliphatic rings. The van der Waals surface area contributed by atoms with Crippen LogP contribution in [0.5, 0.6) is 0 Å². The summed E-state index contributed by atoms with van der Waals surface area (Å²) in [6, 6.07) is 77.8. The normalized spacial score (nSPS) is 11.5. The number of anilines is 3. The second kappa shape index (κ2) is 14.1. The zero-order valence-corrected chi connectivity index (χ0v) is 32.6. The molecule has 9 aromatic carbocycles. The molecule has 0 spiro atoms. The van der Waals surface area contributed by atoms with E-state index in [4.69, 9.17) is 0 Å². The zero-order chi connectivity index (χ0) is 37.7. The average molecular weight is 762 g/mol. The van der Waals surface area contributed by atoms with Gasteiger partial charge in [-0.1, -0.05) is 121 Å². The van der Waals surface area contributed by atoms with Crippen LogP contribution in [0.3, 0.4) is 0 Å². The van der Waals surface area contributed by atoms with Gasteiger partial charge in [0.2, 0.25) is 0 Å². The molecule has 0 fully saturated rings. The number of nitrogens with zero attached hydrogens (tertiary/aromatic N) is 1. The van der Waals surface area contributed by atoms with Gasteiger partial charge in [0.25, 0.3) is 0 Å². The smallest absolute Gasteiger partial charge is 0.0467 e. The van der Waals surface area contributed by atoms with E-state index in [9.17, 15) is 0 Å². The molecule has 2 aromatic heterocycles. The monoisotopic (exact) mass is 761 g/mol. The third-order valence-corrected chi connectivity index (χ3v) is 13.3. The van der Waals surface area contributed by atoms with Gasteiger partial charge in [-0.25, -0.2) is 0 Å². The molecule has 11 rings (SSSR count). The van der Waals surface area contributed by atoms with Crippen molar-refractivity contribution in [1.82, 2.24) is 0 Å². The Morgan fingerprint density at radius 1 is 0.228 bits per heavy atom. The Hall–Kier alpha value is -6.78. The van der Waals surface area contributed by atoms with Crippen molar-refractivity contribution in [1.29, 1.82) is 0 Å². The largest absolute Gasteiger partial charge is 0.310 e. The maximum absolute atomic E-state index is 2.39. The van der Waals surface area contributed by atoms with E-state index in [-0.39, 0.29) is 0 Å². The summed E-state index contributed by atoms with van der Waals surface area (Å²) in [5.74, 6) is 0. The van der Waals surface area contributed by atoms with Crippen molar-refractivity contribution < 1.29 is 0 Å². The number of hydrogen-bond acceptors (Lipinski definition) is 3. The molecule has 11 aromatic rings. The zero-order valence-electron chi connectivity index (χ0n) is 31.0. The molecule has 0 unspecified atom stereocenters. The minimum Gasteiger partial charge on any atom is -0.310 e. The van der Waals surface area contributed by atoms with Gasteiger partial charge in [0, 0.05) is 57.4 Å². The topological polar surface area (TPSA) is 3.24 Å². The highest BCUT2D eigenvalue weighted by atomic mass is 32.1. The fraction of sp³-hybridized carbons (Fsp3) is 0. The minimum atomic E-state index is 1.11. The molecule has 0 N–H and O–H groups in total. The Kier molecular flexibility index (Phi) is 8.28. The quantitative estimate of drug-likeness (QED) is 0.156. The first kappa shape index (κ1) is 33.5. The van der Waals surface area contributed by atoms with Crippen LogP contribution in [0, 0.1) is 0 Å². The SMILES string of the molecule is c1ccc(-c2ccc(N(c3ccccc3)c3cccc(-c4cc(-c5ccc6sc7ccccc7c6c5)cc(-c5ccc6sc7ccccc7c6c5)c4)c3)cc2)cc1. The average Bonchev–Trinajstić information content (AvgIpc) is 3.85. The summed E-state index contributed by atoms with van der Waals surface area (Å²) in [4.78, 5) is 2.36. The van der Waals surface area contributed by atoms with Crippen LogP contribution in [0.25, 0.3) is 84.9 Å².